The van der Waals surface area contributed by atoms with Crippen LogP contribution in [0.2, 0.25) is 0 Å². The average molecular weight is 172 g/mol. The zero-order chi connectivity index (χ0) is 7.71. The SMILES string of the molecule is CC(C)(C)OS(=O)(=O)O.O. The van der Waals surface area contributed by atoms with Crippen LogP contribution >= 0.6 is 0 Å². The standard InChI is InChI=1S/C4H10O4S.H2O/c1-4(2,3)8-9(5,6)7;/h1-3H3,(H,5,6,7);1H2. The van der Waals surface area contributed by atoms with Gasteiger partial charge in [0.15, 0.2) is 0 Å². The van der Waals surface area contributed by atoms with Crippen LogP contribution in [-0.2, 0) is 14.6 Å². The van der Waals surface area contributed by atoms with Gasteiger partial charge in [0.05, 0.1) is 5.60 Å². The van der Waals surface area contributed by atoms with Crippen LogP contribution in [0.5, 0.6) is 0 Å². The van der Waals surface area contributed by atoms with Gasteiger partial charge >= 0.3 is 10.4 Å². The second kappa shape index (κ2) is 3.29. The lowest BCUT2D eigenvalue weighted by molar-refractivity contribution is 0.119. The summed E-state index contributed by atoms with van der Waals surface area (Å²) in [4.78, 5) is 0. The van der Waals surface area contributed by atoms with E-state index in [4.69, 9.17) is 4.55 Å². The van der Waals surface area contributed by atoms with Gasteiger partial charge in [0, 0.05) is 0 Å². The van der Waals surface area contributed by atoms with Gasteiger partial charge < -0.3 is 5.48 Å². The van der Waals surface area contributed by atoms with Crippen molar-refractivity contribution < 1.29 is 22.6 Å². The van der Waals surface area contributed by atoms with E-state index < -0.39 is 16.0 Å². The van der Waals surface area contributed by atoms with E-state index in [1.807, 2.05) is 0 Å². The topological polar surface area (TPSA) is 95.1 Å². The highest BCUT2D eigenvalue weighted by molar-refractivity contribution is 7.80. The molecule has 0 spiro atoms. The first-order valence-electron chi connectivity index (χ1n) is 2.39. The minimum absolute atomic E-state index is 0. The highest BCUT2D eigenvalue weighted by Crippen LogP contribution is 2.09. The van der Waals surface area contributed by atoms with E-state index in [0.717, 1.165) is 0 Å². The van der Waals surface area contributed by atoms with Crippen molar-refractivity contribution in [2.24, 2.45) is 0 Å². The molecule has 0 aromatic rings. The largest absolute Gasteiger partial charge is 0.412 e. The van der Waals surface area contributed by atoms with E-state index in [2.05, 4.69) is 4.18 Å². The summed E-state index contributed by atoms with van der Waals surface area (Å²) < 4.78 is 32.2. The first kappa shape index (κ1) is 12.5. The first-order valence-corrected chi connectivity index (χ1v) is 3.75. The molecule has 0 bridgehead atoms. The van der Waals surface area contributed by atoms with Gasteiger partial charge in [-0.15, -0.1) is 0 Å². The summed E-state index contributed by atoms with van der Waals surface area (Å²) in [7, 11) is -4.28. The maximum absolute atomic E-state index is 9.98. The van der Waals surface area contributed by atoms with Crippen LogP contribution in [0.3, 0.4) is 0 Å². The minimum atomic E-state index is -4.28. The van der Waals surface area contributed by atoms with Gasteiger partial charge in [0.2, 0.25) is 0 Å². The van der Waals surface area contributed by atoms with E-state index in [1.165, 1.54) is 20.8 Å². The third-order valence-electron chi connectivity index (χ3n) is 0.355. The maximum Gasteiger partial charge on any atom is 0.397 e. The van der Waals surface area contributed by atoms with Gasteiger partial charge in [0.25, 0.3) is 0 Å². The molecule has 0 aliphatic rings. The first-order chi connectivity index (χ1) is 3.71. The van der Waals surface area contributed by atoms with E-state index in [-0.39, 0.29) is 5.48 Å². The van der Waals surface area contributed by atoms with Crippen LogP contribution < -0.4 is 0 Å². The normalized spacial score (nSPS) is 12.4. The Morgan fingerprint density at radius 3 is 1.60 bits per heavy atom. The summed E-state index contributed by atoms with van der Waals surface area (Å²) in [5.74, 6) is 0. The van der Waals surface area contributed by atoms with E-state index in [9.17, 15) is 8.42 Å². The van der Waals surface area contributed by atoms with Gasteiger partial charge in [-0.05, 0) is 20.8 Å². The molecule has 0 fully saturated rings. The van der Waals surface area contributed by atoms with Gasteiger partial charge in [-0.2, -0.15) is 8.42 Å². The highest BCUT2D eigenvalue weighted by Gasteiger charge is 2.18. The fraction of sp³-hybridized carbons (Fsp3) is 1.00. The van der Waals surface area contributed by atoms with Gasteiger partial charge in [-0.3, -0.25) is 4.55 Å². The predicted octanol–water partition coefficient (Wildman–Crippen LogP) is -0.220. The molecule has 0 aliphatic heterocycles. The molecule has 3 N–H and O–H groups in total. The summed E-state index contributed by atoms with van der Waals surface area (Å²) >= 11 is 0. The molecule has 10 heavy (non-hydrogen) atoms. The third-order valence-corrected chi connectivity index (χ3v) is 1.07. The van der Waals surface area contributed by atoms with E-state index in [1.54, 1.807) is 0 Å². The van der Waals surface area contributed by atoms with Crippen molar-refractivity contribution in [3.8, 4) is 0 Å². The van der Waals surface area contributed by atoms with Crippen molar-refractivity contribution in [3.05, 3.63) is 0 Å². The van der Waals surface area contributed by atoms with Crippen molar-refractivity contribution in [1.82, 2.24) is 0 Å². The van der Waals surface area contributed by atoms with Crippen molar-refractivity contribution in [1.29, 1.82) is 0 Å². The Balaban J connectivity index is 0. The molecule has 0 saturated heterocycles. The molecule has 0 aliphatic carbocycles. The van der Waals surface area contributed by atoms with E-state index in [0.29, 0.717) is 0 Å². The Morgan fingerprint density at radius 1 is 1.30 bits per heavy atom. The fourth-order valence-corrected chi connectivity index (χ4v) is 0.948. The van der Waals surface area contributed by atoms with Crippen LogP contribution in [0, 0.1) is 0 Å². The molecule has 0 unspecified atom stereocenters. The summed E-state index contributed by atoms with van der Waals surface area (Å²) in [6.45, 7) is 4.59. The third kappa shape index (κ3) is 10.7. The molecule has 64 valence electrons. The van der Waals surface area contributed by atoms with Crippen molar-refractivity contribution in [3.63, 3.8) is 0 Å². The highest BCUT2D eigenvalue weighted by atomic mass is 32.3. The molecule has 5 nitrogen and oxygen atoms in total. The van der Waals surface area contributed by atoms with E-state index >= 15 is 0 Å². The fourth-order valence-electron chi connectivity index (χ4n) is 0.316. The lowest BCUT2D eigenvalue weighted by atomic mass is 10.2. The van der Waals surface area contributed by atoms with Gasteiger partial charge in [-0.1, -0.05) is 0 Å². The summed E-state index contributed by atoms with van der Waals surface area (Å²) in [5, 5.41) is 0. The smallest absolute Gasteiger partial charge is 0.397 e. The summed E-state index contributed by atoms with van der Waals surface area (Å²) in [6, 6.07) is 0. The number of hydrogen-bond acceptors (Lipinski definition) is 3. The van der Waals surface area contributed by atoms with Gasteiger partial charge in [0.1, 0.15) is 0 Å². The molecule has 6 heteroatoms. The second-order valence-corrected chi connectivity index (χ2v) is 3.65. The average Bonchev–Trinajstić information content (AvgIpc) is 1.14. The molecule has 0 amide bonds. The maximum atomic E-state index is 9.98. The van der Waals surface area contributed by atoms with Crippen molar-refractivity contribution in [2.45, 2.75) is 26.4 Å². The minimum Gasteiger partial charge on any atom is -0.412 e. The lowest BCUT2D eigenvalue weighted by Crippen LogP contribution is -2.23. The monoisotopic (exact) mass is 172 g/mol. The lowest BCUT2D eigenvalue weighted by Gasteiger charge is -2.14. The van der Waals surface area contributed by atoms with Crippen LogP contribution in [0.4, 0.5) is 0 Å². The molecular weight excluding hydrogens is 160 g/mol. The number of hydrogen-bond donors (Lipinski definition) is 1. The van der Waals surface area contributed by atoms with Crippen LogP contribution in [0.15, 0.2) is 0 Å². The molecule has 0 aromatic carbocycles. The Kier molecular flexibility index (Phi) is 4.11. The van der Waals surface area contributed by atoms with Crippen LogP contribution in [0.25, 0.3) is 0 Å². The zero-order valence-corrected chi connectivity index (χ0v) is 6.90. The summed E-state index contributed by atoms with van der Waals surface area (Å²) in [6.07, 6.45) is 0. The molecule has 0 radical (unpaired) electrons. The Labute approximate surface area is 60.3 Å². The second-order valence-electron chi connectivity index (χ2n) is 2.62. The molecule has 0 rings (SSSR count). The van der Waals surface area contributed by atoms with Gasteiger partial charge in [-0.25, -0.2) is 4.18 Å². The number of rotatable bonds is 1. The Morgan fingerprint density at radius 2 is 1.60 bits per heavy atom. The Bertz CT molecular complexity index is 174. The Hall–Kier alpha value is -0.170. The molecular formula is C4H12O5S. The zero-order valence-electron chi connectivity index (χ0n) is 6.08. The summed E-state index contributed by atoms with van der Waals surface area (Å²) in [5.41, 5.74) is -0.854. The van der Waals surface area contributed by atoms with Crippen LogP contribution in [0.1, 0.15) is 20.8 Å². The predicted molar refractivity (Wildman–Crippen MR) is 36.0 cm³/mol. The molecule has 0 atom stereocenters. The van der Waals surface area contributed by atoms with Crippen LogP contribution in [-0.4, -0.2) is 24.0 Å². The quantitative estimate of drug-likeness (QED) is 0.553. The molecule has 0 saturated carbocycles. The van der Waals surface area contributed by atoms with Crippen molar-refractivity contribution >= 4 is 10.4 Å². The van der Waals surface area contributed by atoms with Crippen molar-refractivity contribution in [2.75, 3.05) is 0 Å². The molecule has 0 aromatic heterocycles. The molecule has 0 heterocycles.